The summed E-state index contributed by atoms with van der Waals surface area (Å²) in [5.74, 6) is 1.43. The first-order valence-electron chi connectivity index (χ1n) is 7.80. The summed E-state index contributed by atoms with van der Waals surface area (Å²) in [6.45, 7) is 2.75. The zero-order valence-electron chi connectivity index (χ0n) is 12.6. The molecule has 0 amide bonds. The summed E-state index contributed by atoms with van der Waals surface area (Å²) in [7, 11) is 0. The van der Waals surface area contributed by atoms with Crippen LogP contribution in [0.2, 0.25) is 0 Å². The molecule has 2 heteroatoms. The van der Waals surface area contributed by atoms with Crippen LogP contribution in [0, 0.1) is 0 Å². The quantitative estimate of drug-likeness (QED) is 0.911. The molecule has 0 radical (unpaired) electrons. The second-order valence-electron chi connectivity index (χ2n) is 5.96. The van der Waals surface area contributed by atoms with Crippen molar-refractivity contribution in [3.05, 3.63) is 65.2 Å². The summed E-state index contributed by atoms with van der Waals surface area (Å²) in [4.78, 5) is 0. The number of hydrogen-bond acceptors (Lipinski definition) is 2. The van der Waals surface area contributed by atoms with E-state index in [-0.39, 0.29) is 6.04 Å². The second kappa shape index (κ2) is 6.31. The van der Waals surface area contributed by atoms with Gasteiger partial charge in [-0.15, -0.1) is 0 Å². The SMILES string of the molecule is CC(N)c1cccc(OCC2CCCc3ccccc32)c1. The van der Waals surface area contributed by atoms with Crippen molar-refractivity contribution in [2.45, 2.75) is 38.1 Å². The van der Waals surface area contributed by atoms with Crippen molar-refractivity contribution < 1.29 is 4.74 Å². The first kappa shape index (κ1) is 14.2. The molecule has 0 aliphatic heterocycles. The predicted octanol–water partition coefficient (Wildman–Crippen LogP) is 4.21. The second-order valence-corrected chi connectivity index (χ2v) is 5.96. The maximum absolute atomic E-state index is 6.04. The maximum atomic E-state index is 6.04. The number of nitrogens with two attached hydrogens (primary N) is 1. The van der Waals surface area contributed by atoms with E-state index in [1.165, 1.54) is 30.4 Å². The van der Waals surface area contributed by atoms with E-state index in [0.717, 1.165) is 17.9 Å². The molecule has 2 N–H and O–H groups in total. The number of benzene rings is 2. The van der Waals surface area contributed by atoms with Gasteiger partial charge in [-0.25, -0.2) is 0 Å². The lowest BCUT2D eigenvalue weighted by Crippen LogP contribution is -2.16. The Labute approximate surface area is 126 Å². The van der Waals surface area contributed by atoms with Crippen LogP contribution in [0.4, 0.5) is 0 Å². The highest BCUT2D eigenvalue weighted by molar-refractivity contribution is 5.34. The van der Waals surface area contributed by atoms with Gasteiger partial charge in [0.15, 0.2) is 0 Å². The molecule has 1 aliphatic carbocycles. The molecule has 110 valence electrons. The van der Waals surface area contributed by atoms with Gasteiger partial charge in [0.25, 0.3) is 0 Å². The highest BCUT2D eigenvalue weighted by Gasteiger charge is 2.20. The Morgan fingerprint density at radius 2 is 2.05 bits per heavy atom. The van der Waals surface area contributed by atoms with Gasteiger partial charge in [-0.3, -0.25) is 0 Å². The van der Waals surface area contributed by atoms with Crippen molar-refractivity contribution in [3.63, 3.8) is 0 Å². The van der Waals surface area contributed by atoms with E-state index in [9.17, 15) is 0 Å². The molecule has 2 nitrogen and oxygen atoms in total. The molecule has 21 heavy (non-hydrogen) atoms. The highest BCUT2D eigenvalue weighted by atomic mass is 16.5. The number of aryl methyl sites for hydroxylation is 1. The van der Waals surface area contributed by atoms with Gasteiger partial charge in [0.2, 0.25) is 0 Å². The van der Waals surface area contributed by atoms with E-state index >= 15 is 0 Å². The van der Waals surface area contributed by atoms with E-state index in [1.54, 1.807) is 0 Å². The van der Waals surface area contributed by atoms with Gasteiger partial charge >= 0.3 is 0 Å². The van der Waals surface area contributed by atoms with E-state index in [0.29, 0.717) is 5.92 Å². The Kier molecular flexibility index (Phi) is 4.26. The fourth-order valence-corrected chi connectivity index (χ4v) is 3.11. The molecule has 0 fully saturated rings. The molecule has 2 aromatic carbocycles. The van der Waals surface area contributed by atoms with Crippen molar-refractivity contribution in [3.8, 4) is 5.75 Å². The molecule has 3 rings (SSSR count). The Balaban J connectivity index is 1.70. The predicted molar refractivity (Wildman–Crippen MR) is 86.7 cm³/mol. The van der Waals surface area contributed by atoms with Gasteiger partial charge in [0, 0.05) is 12.0 Å². The molecular formula is C19H23NO. The molecule has 0 bridgehead atoms. The Morgan fingerprint density at radius 3 is 2.90 bits per heavy atom. The Morgan fingerprint density at radius 1 is 1.19 bits per heavy atom. The van der Waals surface area contributed by atoms with E-state index < -0.39 is 0 Å². The first-order chi connectivity index (χ1) is 10.2. The van der Waals surface area contributed by atoms with Crippen LogP contribution in [-0.4, -0.2) is 6.61 Å². The maximum Gasteiger partial charge on any atom is 0.119 e. The molecule has 0 heterocycles. The molecule has 0 saturated heterocycles. The van der Waals surface area contributed by atoms with Crippen molar-refractivity contribution in [1.29, 1.82) is 0 Å². The van der Waals surface area contributed by atoms with Gasteiger partial charge in [-0.05, 0) is 55.0 Å². The van der Waals surface area contributed by atoms with E-state index in [1.807, 2.05) is 25.1 Å². The minimum absolute atomic E-state index is 0.0453. The lowest BCUT2D eigenvalue weighted by molar-refractivity contribution is 0.274. The summed E-state index contributed by atoms with van der Waals surface area (Å²) in [6.07, 6.45) is 3.67. The molecule has 2 atom stereocenters. The van der Waals surface area contributed by atoms with Gasteiger partial charge in [-0.2, -0.15) is 0 Å². The topological polar surface area (TPSA) is 35.2 Å². The number of fused-ring (bicyclic) bond motifs is 1. The Hall–Kier alpha value is -1.80. The molecule has 1 aliphatic rings. The lowest BCUT2D eigenvalue weighted by Gasteiger charge is -2.25. The molecule has 2 aromatic rings. The number of rotatable bonds is 4. The van der Waals surface area contributed by atoms with Crippen LogP contribution in [0.15, 0.2) is 48.5 Å². The number of hydrogen-bond donors (Lipinski definition) is 1. The van der Waals surface area contributed by atoms with Crippen LogP contribution >= 0.6 is 0 Å². The van der Waals surface area contributed by atoms with Crippen LogP contribution in [0.5, 0.6) is 5.75 Å². The minimum atomic E-state index is 0.0453. The summed E-state index contributed by atoms with van der Waals surface area (Å²) in [5.41, 5.74) is 10.0. The van der Waals surface area contributed by atoms with Crippen molar-refractivity contribution in [2.24, 2.45) is 5.73 Å². The minimum Gasteiger partial charge on any atom is -0.493 e. The molecule has 0 saturated carbocycles. The lowest BCUT2D eigenvalue weighted by atomic mass is 9.83. The summed E-state index contributed by atoms with van der Waals surface area (Å²) < 4.78 is 6.04. The zero-order chi connectivity index (χ0) is 14.7. The third-order valence-electron chi connectivity index (χ3n) is 4.33. The van der Waals surface area contributed by atoms with Crippen molar-refractivity contribution >= 4 is 0 Å². The third kappa shape index (κ3) is 3.27. The van der Waals surface area contributed by atoms with Crippen molar-refractivity contribution in [1.82, 2.24) is 0 Å². The average Bonchev–Trinajstić information content (AvgIpc) is 2.53. The molecule has 2 unspecified atom stereocenters. The van der Waals surface area contributed by atoms with Gasteiger partial charge in [-0.1, -0.05) is 36.4 Å². The largest absolute Gasteiger partial charge is 0.493 e. The molecule has 0 spiro atoms. The fourth-order valence-electron chi connectivity index (χ4n) is 3.11. The van der Waals surface area contributed by atoms with Gasteiger partial charge in [0.05, 0.1) is 6.61 Å². The summed E-state index contributed by atoms with van der Waals surface area (Å²) in [6, 6.07) is 16.9. The Bertz CT molecular complexity index is 606. The first-order valence-corrected chi connectivity index (χ1v) is 7.80. The van der Waals surface area contributed by atoms with E-state index in [2.05, 4.69) is 30.3 Å². The van der Waals surface area contributed by atoms with E-state index in [4.69, 9.17) is 10.5 Å². The van der Waals surface area contributed by atoms with Crippen LogP contribution in [0.3, 0.4) is 0 Å². The average molecular weight is 281 g/mol. The normalized spacial score (nSPS) is 18.9. The third-order valence-corrected chi connectivity index (χ3v) is 4.33. The van der Waals surface area contributed by atoms with Gasteiger partial charge < -0.3 is 10.5 Å². The molecular weight excluding hydrogens is 258 g/mol. The number of ether oxygens (including phenoxy) is 1. The van der Waals surface area contributed by atoms with Gasteiger partial charge in [0.1, 0.15) is 5.75 Å². The van der Waals surface area contributed by atoms with Crippen LogP contribution in [-0.2, 0) is 6.42 Å². The summed E-state index contributed by atoms with van der Waals surface area (Å²) in [5, 5.41) is 0. The standard InChI is InChI=1S/C19H23NO/c1-14(20)16-8-5-10-18(12-16)21-13-17-9-4-7-15-6-2-3-11-19(15)17/h2-3,5-6,8,10-12,14,17H,4,7,9,13,20H2,1H3. The fraction of sp³-hybridized carbons (Fsp3) is 0.368. The summed E-state index contributed by atoms with van der Waals surface area (Å²) >= 11 is 0. The monoisotopic (exact) mass is 281 g/mol. The molecule has 0 aromatic heterocycles. The van der Waals surface area contributed by atoms with Crippen molar-refractivity contribution in [2.75, 3.05) is 6.61 Å². The zero-order valence-corrected chi connectivity index (χ0v) is 12.6. The van der Waals surface area contributed by atoms with Crippen LogP contribution in [0.25, 0.3) is 0 Å². The smallest absolute Gasteiger partial charge is 0.119 e. The van der Waals surface area contributed by atoms with Crippen LogP contribution in [0.1, 0.15) is 48.4 Å². The van der Waals surface area contributed by atoms with Crippen LogP contribution < -0.4 is 10.5 Å². The highest BCUT2D eigenvalue weighted by Crippen LogP contribution is 2.32.